The Bertz CT molecular complexity index is 1150. The molecular weight excluding hydrogens is 496 g/mol. The van der Waals surface area contributed by atoms with E-state index in [2.05, 4.69) is 26.0 Å². The molecule has 8 aliphatic rings. The van der Waals surface area contributed by atoms with Crippen LogP contribution in [0, 0.1) is 34.5 Å². The maximum Gasteiger partial charge on any atom is 0.139 e. The molecule has 4 fully saturated rings. The lowest BCUT2D eigenvalue weighted by Crippen LogP contribution is -2.39. The molecule has 0 aliphatic heterocycles. The van der Waals surface area contributed by atoms with Gasteiger partial charge in [0.05, 0.1) is 12.2 Å². The van der Waals surface area contributed by atoms with Gasteiger partial charge in [-0.15, -0.1) is 0 Å². The molecular formula is C36H48O4. The zero-order valence-electron chi connectivity index (χ0n) is 24.6. The van der Waals surface area contributed by atoms with Gasteiger partial charge in [0.2, 0.25) is 0 Å². The molecule has 0 aromatic carbocycles. The molecule has 0 heterocycles. The molecule has 0 spiro atoms. The number of carbonyl (C=O) groups is 2. The van der Waals surface area contributed by atoms with E-state index < -0.39 is 0 Å². The van der Waals surface area contributed by atoms with Gasteiger partial charge >= 0.3 is 0 Å². The molecule has 8 aliphatic carbocycles. The van der Waals surface area contributed by atoms with Crippen molar-refractivity contribution in [3.8, 4) is 0 Å². The summed E-state index contributed by atoms with van der Waals surface area (Å²) in [5.74, 6) is 3.23. The summed E-state index contributed by atoms with van der Waals surface area (Å²) < 4.78 is 0. The summed E-state index contributed by atoms with van der Waals surface area (Å²) in [6, 6.07) is 0. The molecule has 0 amide bonds. The fourth-order valence-electron chi connectivity index (χ4n) is 10.7. The van der Waals surface area contributed by atoms with Crippen LogP contribution in [0.25, 0.3) is 0 Å². The highest BCUT2D eigenvalue weighted by Gasteiger charge is 2.53. The normalized spacial score (nSPS) is 43.8. The maximum atomic E-state index is 12.3. The molecule has 216 valence electrons. The van der Waals surface area contributed by atoms with E-state index in [4.69, 9.17) is 0 Å². The molecule has 4 saturated carbocycles. The predicted octanol–water partition coefficient (Wildman–Crippen LogP) is 7.11. The van der Waals surface area contributed by atoms with Gasteiger partial charge in [-0.05, 0) is 102 Å². The number of ketones is 2. The monoisotopic (exact) mass is 544 g/mol. The van der Waals surface area contributed by atoms with Crippen LogP contribution in [0.5, 0.6) is 0 Å². The molecule has 2 N–H and O–H groups in total. The lowest BCUT2D eigenvalue weighted by molar-refractivity contribution is -0.127. The standard InChI is InChI=1S/2C18H24O2/c2*1-18-9-8-14-13-5-3-12(19)10-11(13)2-4-15(14)16(18)6-7-17(18)20/h2*4,12,14,16,19H,2-3,5-10H2,1H3/t12-,14+,16-,18-;12-,14-,16+,18+/m01/s1. The highest BCUT2D eigenvalue weighted by molar-refractivity contribution is 5.88. The van der Waals surface area contributed by atoms with Crippen molar-refractivity contribution in [2.24, 2.45) is 34.5 Å². The van der Waals surface area contributed by atoms with Crippen molar-refractivity contribution in [1.82, 2.24) is 0 Å². The predicted molar refractivity (Wildman–Crippen MR) is 156 cm³/mol. The van der Waals surface area contributed by atoms with Gasteiger partial charge in [0.1, 0.15) is 11.6 Å². The van der Waals surface area contributed by atoms with Crippen LogP contribution in [-0.2, 0) is 9.59 Å². The minimum atomic E-state index is -0.120. The topological polar surface area (TPSA) is 74.6 Å². The van der Waals surface area contributed by atoms with Crippen LogP contribution in [-0.4, -0.2) is 34.0 Å². The van der Waals surface area contributed by atoms with Gasteiger partial charge < -0.3 is 10.2 Å². The van der Waals surface area contributed by atoms with Crippen molar-refractivity contribution in [3.05, 3.63) is 45.6 Å². The van der Waals surface area contributed by atoms with Crippen molar-refractivity contribution >= 4 is 11.6 Å². The van der Waals surface area contributed by atoms with Gasteiger partial charge in [-0.2, -0.15) is 0 Å². The first kappa shape index (κ1) is 27.1. The summed E-state index contributed by atoms with van der Waals surface area (Å²) in [4.78, 5) is 24.5. The molecule has 8 atom stereocenters. The van der Waals surface area contributed by atoms with Gasteiger partial charge in [-0.3, -0.25) is 9.59 Å². The second-order valence-corrected chi connectivity index (χ2v) is 14.9. The number of aliphatic hydroxyl groups excluding tert-OH is 2. The summed E-state index contributed by atoms with van der Waals surface area (Å²) in [6.07, 6.45) is 20.6. The van der Waals surface area contributed by atoms with Crippen LogP contribution in [0.1, 0.15) is 117 Å². The summed E-state index contributed by atoms with van der Waals surface area (Å²) in [7, 11) is 0. The summed E-state index contributed by atoms with van der Waals surface area (Å²) in [5, 5.41) is 19.7. The molecule has 0 aromatic heterocycles. The highest BCUT2D eigenvalue weighted by Crippen LogP contribution is 2.59. The quantitative estimate of drug-likeness (QED) is 0.319. The second-order valence-electron chi connectivity index (χ2n) is 14.9. The second kappa shape index (κ2) is 9.90. The lowest BCUT2D eigenvalue weighted by Gasteiger charge is -2.45. The first-order chi connectivity index (χ1) is 19.2. The summed E-state index contributed by atoms with van der Waals surface area (Å²) in [6.45, 7) is 4.41. The van der Waals surface area contributed by atoms with Crippen molar-refractivity contribution in [3.63, 3.8) is 0 Å². The zero-order chi connectivity index (χ0) is 27.8. The van der Waals surface area contributed by atoms with Gasteiger partial charge in [0.15, 0.2) is 0 Å². The molecule has 4 heteroatoms. The van der Waals surface area contributed by atoms with Gasteiger partial charge in [-0.1, -0.05) is 59.4 Å². The van der Waals surface area contributed by atoms with E-state index in [-0.39, 0.29) is 23.0 Å². The average Bonchev–Trinajstić information content (AvgIpc) is 3.43. The maximum absolute atomic E-state index is 12.3. The molecule has 0 aromatic rings. The summed E-state index contributed by atoms with van der Waals surface area (Å²) >= 11 is 0. The van der Waals surface area contributed by atoms with Gasteiger partial charge in [0.25, 0.3) is 0 Å². The molecule has 0 bridgehead atoms. The van der Waals surface area contributed by atoms with Gasteiger partial charge in [0, 0.05) is 35.5 Å². The molecule has 8 rings (SSSR count). The van der Waals surface area contributed by atoms with Crippen LogP contribution in [0.15, 0.2) is 45.6 Å². The number of carbonyl (C=O) groups excluding carboxylic acids is 2. The molecule has 40 heavy (non-hydrogen) atoms. The Labute approximate surface area is 240 Å². The van der Waals surface area contributed by atoms with Crippen LogP contribution in [0.4, 0.5) is 0 Å². The Morgan fingerprint density at radius 1 is 0.625 bits per heavy atom. The van der Waals surface area contributed by atoms with E-state index in [0.717, 1.165) is 103 Å². The number of allylic oxidation sites excluding steroid dienone is 6. The Hall–Kier alpha value is -1.78. The van der Waals surface area contributed by atoms with E-state index in [1.165, 1.54) is 11.1 Å². The minimum Gasteiger partial charge on any atom is -0.393 e. The lowest BCUT2D eigenvalue weighted by atomic mass is 9.58. The third-order valence-corrected chi connectivity index (χ3v) is 13.0. The number of hydrogen-bond acceptors (Lipinski definition) is 4. The number of Topliss-reactive ketones (excluding diaryl/α,β-unsaturated/α-hetero) is 2. The minimum absolute atomic E-state index is 0.0609. The molecule has 4 nitrogen and oxygen atoms in total. The zero-order valence-corrected chi connectivity index (χ0v) is 24.6. The Kier molecular flexibility index (Phi) is 6.70. The Morgan fingerprint density at radius 3 is 1.48 bits per heavy atom. The van der Waals surface area contributed by atoms with Gasteiger partial charge in [-0.25, -0.2) is 0 Å². The fraction of sp³-hybridized carbons (Fsp3) is 0.722. The van der Waals surface area contributed by atoms with E-state index in [0.29, 0.717) is 35.2 Å². The van der Waals surface area contributed by atoms with Crippen LogP contribution in [0.2, 0.25) is 0 Å². The number of hydrogen-bond donors (Lipinski definition) is 2. The van der Waals surface area contributed by atoms with Crippen molar-refractivity contribution in [1.29, 1.82) is 0 Å². The Morgan fingerprint density at radius 2 is 1.05 bits per heavy atom. The first-order valence-corrected chi connectivity index (χ1v) is 16.4. The third kappa shape index (κ3) is 4.14. The Balaban J connectivity index is 0.000000132. The number of aliphatic hydroxyl groups is 2. The van der Waals surface area contributed by atoms with Crippen LogP contribution >= 0.6 is 0 Å². The largest absolute Gasteiger partial charge is 0.393 e. The molecule has 0 radical (unpaired) electrons. The SMILES string of the molecule is C[C@]12CC[C@H]3C(=CCC4=C3CC[C@@H](O)C4)[C@@H]1CCC2=O.C[C@]12CC[C@H]3C(=CCC4=C3CC[C@H](O)C4)[C@@H]1CCC2=O. The number of fused-ring (bicyclic) bond motifs is 8. The van der Waals surface area contributed by atoms with E-state index in [9.17, 15) is 19.8 Å². The van der Waals surface area contributed by atoms with E-state index >= 15 is 0 Å². The van der Waals surface area contributed by atoms with Crippen molar-refractivity contribution < 1.29 is 19.8 Å². The van der Waals surface area contributed by atoms with Crippen LogP contribution < -0.4 is 0 Å². The van der Waals surface area contributed by atoms with Crippen molar-refractivity contribution in [2.75, 3.05) is 0 Å². The smallest absolute Gasteiger partial charge is 0.139 e. The van der Waals surface area contributed by atoms with Crippen molar-refractivity contribution in [2.45, 2.75) is 129 Å². The third-order valence-electron chi connectivity index (χ3n) is 13.0. The van der Waals surface area contributed by atoms with Crippen LogP contribution in [0.3, 0.4) is 0 Å². The van der Waals surface area contributed by atoms with E-state index in [1.807, 2.05) is 0 Å². The van der Waals surface area contributed by atoms with E-state index in [1.54, 1.807) is 22.3 Å². The molecule has 0 unspecified atom stereocenters. The highest BCUT2D eigenvalue weighted by atomic mass is 16.3. The fourth-order valence-corrected chi connectivity index (χ4v) is 10.7. The summed E-state index contributed by atoms with van der Waals surface area (Å²) in [5.41, 5.74) is 9.32. The number of rotatable bonds is 0. The average molecular weight is 545 g/mol. The molecule has 0 saturated heterocycles. The first-order valence-electron chi connectivity index (χ1n) is 16.4.